The molecule has 250 valence electrons. The van der Waals surface area contributed by atoms with Crippen LogP contribution < -0.4 is 28.4 Å². The third-order valence-electron chi connectivity index (χ3n) is 9.76. The fraction of sp³-hybridized carbons (Fsp3) is 0.441. The van der Waals surface area contributed by atoms with E-state index in [1.807, 2.05) is 19.9 Å². The van der Waals surface area contributed by atoms with Crippen LogP contribution in [0.5, 0.6) is 34.5 Å². The molecule has 3 aromatic rings. The van der Waals surface area contributed by atoms with Crippen molar-refractivity contribution in [3.8, 4) is 34.5 Å². The zero-order valence-corrected chi connectivity index (χ0v) is 29.1. The van der Waals surface area contributed by atoms with Crippen molar-refractivity contribution in [1.29, 1.82) is 0 Å². The molecule has 10 nitrogen and oxygen atoms in total. The SMILES string of the molecule is COc1cc(OC)c(S(OS(=O)(=O)CC23CCC(CC2=O)C3(C)C)(c2ccccc2)c2c(OC)cc(OC)cc2OC)c(OC)c1. The van der Waals surface area contributed by atoms with Gasteiger partial charge in [-0.25, -0.2) is 3.63 Å². The minimum atomic E-state index is -4.51. The summed E-state index contributed by atoms with van der Waals surface area (Å²) in [5, 5.41) is 0. The number of Topliss-reactive ketones (excluding diaryl/α,β-unsaturated/α-hetero) is 1. The first kappa shape index (κ1) is 33.7. The molecule has 0 N–H and O–H groups in total. The van der Waals surface area contributed by atoms with E-state index in [0.717, 1.165) is 6.42 Å². The standard InChI is InChI=1S/C34H42O10S2/c1-33(2)22-14-15-34(33,30(35)16-22)21-45(36,37)44-46(25-12-10-9-11-13-25,31-26(40-5)17-23(38-3)18-27(31)41-6)32-28(42-7)19-24(39-4)20-29(32)43-8/h9-13,17-20,22H,14-16,21H2,1-8H3. The van der Waals surface area contributed by atoms with Gasteiger partial charge in [-0.15, -0.1) is 0 Å². The third-order valence-corrected chi connectivity index (χ3v) is 15.1. The fourth-order valence-electron chi connectivity index (χ4n) is 7.16. The van der Waals surface area contributed by atoms with Crippen molar-refractivity contribution in [3.05, 3.63) is 54.6 Å². The zero-order valence-electron chi connectivity index (χ0n) is 27.5. The van der Waals surface area contributed by atoms with Crippen LogP contribution in [0.1, 0.15) is 33.1 Å². The van der Waals surface area contributed by atoms with Gasteiger partial charge in [-0.1, -0.05) is 32.0 Å². The summed E-state index contributed by atoms with van der Waals surface area (Å²) in [5.74, 6) is 1.44. The Balaban J connectivity index is 1.92. The number of hydrogen-bond acceptors (Lipinski definition) is 10. The smallest absolute Gasteiger partial charge is 0.278 e. The van der Waals surface area contributed by atoms with E-state index >= 15 is 0 Å². The quantitative estimate of drug-likeness (QED) is 0.195. The van der Waals surface area contributed by atoms with E-state index in [9.17, 15) is 13.2 Å². The van der Waals surface area contributed by atoms with E-state index in [1.165, 1.54) is 42.7 Å². The molecule has 2 aliphatic rings. The Labute approximate surface area is 272 Å². The summed E-state index contributed by atoms with van der Waals surface area (Å²) in [6, 6.07) is 15.6. The monoisotopic (exact) mass is 674 g/mol. The second-order valence-corrected chi connectivity index (χ2v) is 16.4. The molecular formula is C34H42O10S2. The van der Waals surface area contributed by atoms with E-state index in [-0.39, 0.29) is 34.7 Å². The molecule has 0 aliphatic heterocycles. The van der Waals surface area contributed by atoms with Gasteiger partial charge in [0.15, 0.2) is 0 Å². The van der Waals surface area contributed by atoms with Crippen LogP contribution in [-0.4, -0.2) is 62.6 Å². The lowest BCUT2D eigenvalue weighted by molar-refractivity contribution is -0.128. The molecule has 2 aliphatic carbocycles. The van der Waals surface area contributed by atoms with Gasteiger partial charge in [0.05, 0.1) is 53.8 Å². The topological polar surface area (TPSA) is 116 Å². The highest BCUT2D eigenvalue weighted by molar-refractivity contribution is 8.33. The van der Waals surface area contributed by atoms with Crippen LogP contribution in [-0.2, 0) is 18.5 Å². The second-order valence-electron chi connectivity index (χ2n) is 12.0. The first-order valence-corrected chi connectivity index (χ1v) is 18.0. The van der Waals surface area contributed by atoms with E-state index in [1.54, 1.807) is 48.5 Å². The zero-order chi connectivity index (χ0) is 33.5. The van der Waals surface area contributed by atoms with Crippen LogP contribution in [0, 0.1) is 16.7 Å². The van der Waals surface area contributed by atoms with Crippen LogP contribution in [0.25, 0.3) is 0 Å². The normalized spacial score (nSPS) is 20.7. The van der Waals surface area contributed by atoms with Crippen molar-refractivity contribution in [1.82, 2.24) is 0 Å². The lowest BCUT2D eigenvalue weighted by atomic mass is 9.70. The van der Waals surface area contributed by atoms with Gasteiger partial charge < -0.3 is 28.4 Å². The first-order chi connectivity index (χ1) is 21.9. The molecule has 0 radical (unpaired) electrons. The van der Waals surface area contributed by atoms with E-state index in [2.05, 4.69) is 0 Å². The molecule has 0 aromatic heterocycles. The first-order valence-electron chi connectivity index (χ1n) is 14.8. The Morgan fingerprint density at radius 1 is 0.717 bits per heavy atom. The Hall–Kier alpha value is -3.61. The summed E-state index contributed by atoms with van der Waals surface area (Å²) in [6.07, 6.45) is 1.62. The summed E-state index contributed by atoms with van der Waals surface area (Å²) < 4.78 is 71.2. The predicted octanol–water partition coefficient (Wildman–Crippen LogP) is 6.68. The largest absolute Gasteiger partial charge is 0.496 e. The molecule has 2 fully saturated rings. The van der Waals surface area contributed by atoms with Gasteiger partial charge in [0.25, 0.3) is 10.1 Å². The molecule has 2 unspecified atom stereocenters. The average Bonchev–Trinajstić information content (AvgIpc) is 3.40. The fourth-order valence-corrected chi connectivity index (χ4v) is 13.7. The van der Waals surface area contributed by atoms with Crippen LogP contribution in [0.4, 0.5) is 0 Å². The summed E-state index contributed by atoms with van der Waals surface area (Å²) >= 11 is 0. The van der Waals surface area contributed by atoms with Gasteiger partial charge in [0, 0.05) is 35.6 Å². The third kappa shape index (κ3) is 5.24. The summed E-state index contributed by atoms with van der Waals surface area (Å²) in [6.45, 7) is 3.99. The second kappa shape index (κ2) is 12.5. The highest BCUT2D eigenvalue weighted by atomic mass is 32.3. The van der Waals surface area contributed by atoms with E-state index in [4.69, 9.17) is 32.1 Å². The van der Waals surface area contributed by atoms with Gasteiger partial charge >= 0.3 is 0 Å². The molecule has 0 heterocycles. The maximum atomic E-state index is 14.8. The van der Waals surface area contributed by atoms with Crippen molar-refractivity contribution in [2.24, 2.45) is 16.7 Å². The highest BCUT2D eigenvalue weighted by Crippen LogP contribution is 2.78. The molecule has 0 spiro atoms. The molecule has 0 saturated heterocycles. The van der Waals surface area contributed by atoms with Crippen LogP contribution in [0.3, 0.4) is 0 Å². The number of carbonyl (C=O) groups excluding carboxylic acids is 1. The number of benzene rings is 3. The van der Waals surface area contributed by atoms with Gasteiger partial charge in [-0.2, -0.15) is 8.42 Å². The van der Waals surface area contributed by atoms with E-state index in [0.29, 0.717) is 39.0 Å². The Morgan fingerprint density at radius 2 is 1.17 bits per heavy atom. The number of methoxy groups -OCH3 is 6. The minimum Gasteiger partial charge on any atom is -0.496 e. The molecule has 46 heavy (non-hydrogen) atoms. The minimum absolute atomic E-state index is 0.0412. The van der Waals surface area contributed by atoms with Crippen LogP contribution in [0.2, 0.25) is 0 Å². The van der Waals surface area contributed by atoms with Gasteiger partial charge in [-0.05, 0) is 46.6 Å². The molecule has 12 heteroatoms. The number of rotatable bonds is 13. The average molecular weight is 675 g/mol. The predicted molar refractivity (Wildman–Crippen MR) is 174 cm³/mol. The van der Waals surface area contributed by atoms with Crippen molar-refractivity contribution >= 4 is 26.2 Å². The number of ketones is 1. The Kier molecular flexibility index (Phi) is 9.20. The number of hydrogen-bond donors (Lipinski definition) is 0. The number of carbonyl (C=O) groups is 1. The molecule has 2 bridgehead atoms. The van der Waals surface area contributed by atoms with Gasteiger partial charge in [-0.3, -0.25) is 4.79 Å². The molecular weight excluding hydrogens is 632 g/mol. The maximum Gasteiger partial charge on any atom is 0.278 e. The summed E-state index contributed by atoms with van der Waals surface area (Å²) in [5.41, 5.74) is -1.60. The molecule has 0 amide bonds. The highest BCUT2D eigenvalue weighted by Gasteiger charge is 2.66. The molecule has 3 aromatic carbocycles. The maximum absolute atomic E-state index is 14.8. The Morgan fingerprint density at radius 3 is 1.52 bits per heavy atom. The molecule has 5 rings (SSSR count). The van der Waals surface area contributed by atoms with Crippen molar-refractivity contribution in [2.75, 3.05) is 48.4 Å². The van der Waals surface area contributed by atoms with Crippen molar-refractivity contribution < 1.29 is 45.3 Å². The Bertz CT molecular complexity index is 1610. The van der Waals surface area contributed by atoms with Crippen LogP contribution >= 0.6 is 10.3 Å². The molecule has 2 saturated carbocycles. The lowest BCUT2D eigenvalue weighted by Crippen LogP contribution is -2.42. The van der Waals surface area contributed by atoms with Gasteiger partial charge in [0.1, 0.15) is 50.1 Å². The summed E-state index contributed by atoms with van der Waals surface area (Å²) in [4.78, 5) is 14.6. The van der Waals surface area contributed by atoms with Crippen molar-refractivity contribution in [2.45, 2.75) is 47.8 Å². The number of ether oxygens (including phenoxy) is 6. The van der Waals surface area contributed by atoms with E-state index < -0.39 is 37.0 Å². The van der Waals surface area contributed by atoms with Gasteiger partial charge in [0.2, 0.25) is 0 Å². The summed E-state index contributed by atoms with van der Waals surface area (Å²) in [7, 11) is 0.960. The lowest BCUT2D eigenvalue weighted by Gasteiger charge is -2.43. The van der Waals surface area contributed by atoms with Crippen LogP contribution in [0.15, 0.2) is 69.3 Å². The molecule has 2 atom stereocenters. The number of fused-ring (bicyclic) bond motifs is 2. The van der Waals surface area contributed by atoms with Crippen molar-refractivity contribution in [3.63, 3.8) is 0 Å².